The zero-order chi connectivity index (χ0) is 14.5. The van der Waals surface area contributed by atoms with Crippen molar-refractivity contribution in [1.29, 1.82) is 0 Å². The first-order chi connectivity index (χ1) is 9.58. The highest BCUT2D eigenvalue weighted by Crippen LogP contribution is 2.16. The molecular weight excluding hydrogens is 346 g/mol. The summed E-state index contributed by atoms with van der Waals surface area (Å²) in [6.45, 7) is 3.20. The summed E-state index contributed by atoms with van der Waals surface area (Å²) in [5.74, 6) is 0.613. The van der Waals surface area contributed by atoms with E-state index < -0.39 is 0 Å². The van der Waals surface area contributed by atoms with E-state index in [4.69, 9.17) is 21.1 Å². The van der Waals surface area contributed by atoms with E-state index in [1.165, 1.54) is 0 Å². The lowest BCUT2D eigenvalue weighted by atomic mass is 10.2. The van der Waals surface area contributed by atoms with Crippen molar-refractivity contribution < 1.29 is 14.3 Å². The van der Waals surface area contributed by atoms with Gasteiger partial charge in [0.25, 0.3) is 5.91 Å². The van der Waals surface area contributed by atoms with Gasteiger partial charge in [-0.05, 0) is 31.2 Å². The number of carbonyl (C=O) groups excluding carboxylic acids is 1. The number of amides is 1. The molecule has 1 saturated heterocycles. The van der Waals surface area contributed by atoms with Crippen molar-refractivity contribution in [1.82, 2.24) is 4.90 Å². The summed E-state index contributed by atoms with van der Waals surface area (Å²) in [7, 11) is 0. The minimum Gasteiger partial charge on any atom is -0.484 e. The van der Waals surface area contributed by atoms with Crippen LogP contribution in [0.1, 0.15) is 6.92 Å². The number of hydrogen-bond acceptors (Lipinski definition) is 3. The quantitative estimate of drug-likeness (QED) is 0.773. The van der Waals surface area contributed by atoms with Gasteiger partial charge in [0.05, 0.1) is 12.2 Å². The fraction of sp³-hybridized carbons (Fsp3) is 0.500. The van der Waals surface area contributed by atoms with Gasteiger partial charge in [0.15, 0.2) is 6.61 Å². The largest absolute Gasteiger partial charge is 0.484 e. The lowest BCUT2D eigenvalue weighted by Crippen LogP contribution is -2.51. The minimum atomic E-state index is -0.0268. The molecule has 1 aliphatic heterocycles. The summed E-state index contributed by atoms with van der Waals surface area (Å²) < 4.78 is 11.2. The fourth-order valence-electron chi connectivity index (χ4n) is 2.10. The van der Waals surface area contributed by atoms with Crippen LogP contribution < -0.4 is 4.74 Å². The third-order valence-corrected chi connectivity index (χ3v) is 4.00. The molecule has 0 spiro atoms. The topological polar surface area (TPSA) is 38.8 Å². The predicted octanol–water partition coefficient (Wildman–Crippen LogP) is 2.73. The second-order valence-electron chi connectivity index (χ2n) is 4.76. The van der Waals surface area contributed by atoms with Crippen LogP contribution in [0.5, 0.6) is 5.75 Å². The number of morpholine rings is 1. The molecule has 1 aliphatic rings. The molecule has 1 fully saturated rings. The maximum atomic E-state index is 12.1. The van der Waals surface area contributed by atoms with E-state index in [1.54, 1.807) is 29.2 Å². The molecule has 0 aromatic heterocycles. The molecule has 2 unspecified atom stereocenters. The highest BCUT2D eigenvalue weighted by atomic mass is 79.9. The van der Waals surface area contributed by atoms with Crippen LogP contribution in [0.2, 0.25) is 5.02 Å². The molecule has 0 aliphatic carbocycles. The average molecular weight is 363 g/mol. The fourth-order valence-corrected chi connectivity index (χ4v) is 2.58. The molecule has 2 rings (SSSR count). The minimum absolute atomic E-state index is 0.0268. The first kappa shape index (κ1) is 15.6. The van der Waals surface area contributed by atoms with E-state index in [0.29, 0.717) is 23.9 Å². The highest BCUT2D eigenvalue weighted by Gasteiger charge is 2.27. The van der Waals surface area contributed by atoms with Gasteiger partial charge in [-0.2, -0.15) is 0 Å². The van der Waals surface area contributed by atoms with Crippen molar-refractivity contribution in [3.63, 3.8) is 0 Å². The monoisotopic (exact) mass is 361 g/mol. The molecule has 110 valence electrons. The van der Waals surface area contributed by atoms with Crippen molar-refractivity contribution in [2.45, 2.75) is 19.1 Å². The summed E-state index contributed by atoms with van der Waals surface area (Å²) >= 11 is 9.19. The molecule has 20 heavy (non-hydrogen) atoms. The van der Waals surface area contributed by atoms with Crippen molar-refractivity contribution in [3.05, 3.63) is 29.3 Å². The zero-order valence-corrected chi connectivity index (χ0v) is 13.6. The van der Waals surface area contributed by atoms with E-state index in [1.807, 2.05) is 6.92 Å². The van der Waals surface area contributed by atoms with Crippen molar-refractivity contribution in [2.75, 3.05) is 25.0 Å². The van der Waals surface area contributed by atoms with E-state index in [-0.39, 0.29) is 24.7 Å². The number of carbonyl (C=O) groups is 1. The Hall–Kier alpha value is -0.780. The summed E-state index contributed by atoms with van der Waals surface area (Å²) in [6.07, 6.45) is 0.0870. The maximum absolute atomic E-state index is 12.1. The molecule has 1 heterocycles. The molecule has 0 saturated carbocycles. The number of nitrogens with zero attached hydrogens (tertiary/aromatic N) is 1. The van der Waals surface area contributed by atoms with Gasteiger partial charge in [0.2, 0.25) is 0 Å². The Labute approximate surface area is 132 Å². The molecule has 0 bridgehead atoms. The van der Waals surface area contributed by atoms with Gasteiger partial charge in [-0.15, -0.1) is 0 Å². The number of ether oxygens (including phenoxy) is 2. The van der Waals surface area contributed by atoms with Gasteiger partial charge in [-0.3, -0.25) is 4.79 Å². The first-order valence-corrected chi connectivity index (χ1v) is 7.96. The Morgan fingerprint density at radius 2 is 2.15 bits per heavy atom. The third kappa shape index (κ3) is 4.36. The van der Waals surface area contributed by atoms with Crippen molar-refractivity contribution >= 4 is 33.4 Å². The lowest BCUT2D eigenvalue weighted by molar-refractivity contribution is -0.144. The smallest absolute Gasteiger partial charge is 0.260 e. The predicted molar refractivity (Wildman–Crippen MR) is 81.7 cm³/mol. The Bertz CT molecular complexity index is 454. The number of alkyl halides is 1. The van der Waals surface area contributed by atoms with Gasteiger partial charge in [0.1, 0.15) is 5.75 Å². The second kappa shape index (κ2) is 7.29. The van der Waals surface area contributed by atoms with Crippen molar-refractivity contribution in [3.8, 4) is 5.75 Å². The molecular formula is C14H17BrClNO3. The van der Waals surface area contributed by atoms with Gasteiger partial charge < -0.3 is 14.4 Å². The van der Waals surface area contributed by atoms with E-state index in [2.05, 4.69) is 15.9 Å². The van der Waals surface area contributed by atoms with Crippen molar-refractivity contribution in [2.24, 2.45) is 0 Å². The Morgan fingerprint density at radius 3 is 2.80 bits per heavy atom. The van der Waals surface area contributed by atoms with E-state index >= 15 is 0 Å². The first-order valence-electron chi connectivity index (χ1n) is 6.46. The highest BCUT2D eigenvalue weighted by molar-refractivity contribution is 9.09. The SMILES string of the molecule is CC1CN(C(=O)COc2ccc(Cl)cc2)CC(CBr)O1. The summed E-state index contributed by atoms with van der Waals surface area (Å²) in [4.78, 5) is 13.9. The normalized spacial score (nSPS) is 22.6. The van der Waals surface area contributed by atoms with Crippen LogP contribution in [-0.2, 0) is 9.53 Å². The molecule has 4 nitrogen and oxygen atoms in total. The van der Waals surface area contributed by atoms with Crippen LogP contribution in [0.3, 0.4) is 0 Å². The third-order valence-electron chi connectivity index (χ3n) is 3.03. The Kier molecular flexibility index (Phi) is 5.69. The molecule has 1 amide bonds. The van der Waals surface area contributed by atoms with Gasteiger partial charge in [-0.25, -0.2) is 0 Å². The Balaban J connectivity index is 1.86. The summed E-state index contributed by atoms with van der Waals surface area (Å²) in [5.41, 5.74) is 0. The van der Waals surface area contributed by atoms with Crippen LogP contribution in [-0.4, -0.2) is 48.0 Å². The number of hydrogen-bond donors (Lipinski definition) is 0. The standard InChI is InChI=1S/C14H17BrClNO3/c1-10-7-17(8-13(6-15)20-10)14(18)9-19-12-4-2-11(16)3-5-12/h2-5,10,13H,6-9H2,1H3. The van der Waals surface area contributed by atoms with Gasteiger partial charge >= 0.3 is 0 Å². The molecule has 0 radical (unpaired) electrons. The van der Waals surface area contributed by atoms with Crippen LogP contribution in [0, 0.1) is 0 Å². The molecule has 2 atom stereocenters. The molecule has 0 N–H and O–H groups in total. The average Bonchev–Trinajstić information content (AvgIpc) is 2.45. The number of rotatable bonds is 4. The molecule has 6 heteroatoms. The summed E-state index contributed by atoms with van der Waals surface area (Å²) in [5, 5.41) is 1.37. The second-order valence-corrected chi connectivity index (χ2v) is 5.85. The maximum Gasteiger partial charge on any atom is 0.260 e. The number of halogens is 2. The zero-order valence-electron chi connectivity index (χ0n) is 11.2. The van der Waals surface area contributed by atoms with E-state index in [9.17, 15) is 4.79 Å². The van der Waals surface area contributed by atoms with Gasteiger partial charge in [0, 0.05) is 23.4 Å². The number of benzene rings is 1. The van der Waals surface area contributed by atoms with Crippen LogP contribution >= 0.6 is 27.5 Å². The van der Waals surface area contributed by atoms with Gasteiger partial charge in [-0.1, -0.05) is 27.5 Å². The molecule has 1 aromatic carbocycles. The Morgan fingerprint density at radius 1 is 1.45 bits per heavy atom. The van der Waals surface area contributed by atoms with Crippen LogP contribution in [0.4, 0.5) is 0 Å². The van der Waals surface area contributed by atoms with E-state index in [0.717, 1.165) is 5.33 Å². The molecule has 1 aromatic rings. The van der Waals surface area contributed by atoms with Crippen LogP contribution in [0.25, 0.3) is 0 Å². The van der Waals surface area contributed by atoms with Crippen LogP contribution in [0.15, 0.2) is 24.3 Å². The lowest BCUT2D eigenvalue weighted by Gasteiger charge is -2.36. The summed E-state index contributed by atoms with van der Waals surface area (Å²) in [6, 6.07) is 6.97.